The zero-order valence-corrected chi connectivity index (χ0v) is 6.56. The van der Waals surface area contributed by atoms with E-state index in [0.29, 0.717) is 5.92 Å². The molecule has 1 aliphatic rings. The van der Waals surface area contributed by atoms with E-state index in [1.807, 2.05) is 0 Å². The number of hydrogen-bond acceptors (Lipinski definition) is 0. The van der Waals surface area contributed by atoms with Crippen LogP contribution in [-0.4, -0.2) is 0 Å². The van der Waals surface area contributed by atoms with E-state index in [1.54, 1.807) is 0 Å². The average Bonchev–Trinajstić information content (AvgIpc) is 1.88. The Morgan fingerprint density at radius 1 is 1.70 bits per heavy atom. The lowest BCUT2D eigenvalue weighted by Crippen LogP contribution is -2.05. The molecule has 0 fully saturated rings. The molecule has 1 atom stereocenters. The van der Waals surface area contributed by atoms with Crippen molar-refractivity contribution >= 4 is 0 Å². The van der Waals surface area contributed by atoms with Crippen molar-refractivity contribution in [2.24, 2.45) is 5.92 Å². The van der Waals surface area contributed by atoms with E-state index in [0.717, 1.165) is 0 Å². The molecule has 10 heavy (non-hydrogen) atoms. The molecule has 0 heteroatoms. The summed E-state index contributed by atoms with van der Waals surface area (Å²) in [4.78, 5) is 0. The third-order valence-electron chi connectivity index (χ3n) is 2.00. The molecular formula is C10H14. The predicted molar refractivity (Wildman–Crippen MR) is 45.8 cm³/mol. The molecule has 0 aliphatic heterocycles. The van der Waals surface area contributed by atoms with Gasteiger partial charge in [0.2, 0.25) is 0 Å². The summed E-state index contributed by atoms with van der Waals surface area (Å²) in [5, 5.41) is 0. The van der Waals surface area contributed by atoms with Gasteiger partial charge in [-0.25, -0.2) is 0 Å². The van der Waals surface area contributed by atoms with E-state index in [-0.39, 0.29) is 0 Å². The minimum atomic E-state index is 0.546. The van der Waals surface area contributed by atoms with Gasteiger partial charge in [0.05, 0.1) is 0 Å². The van der Waals surface area contributed by atoms with E-state index in [1.165, 1.54) is 24.0 Å². The van der Waals surface area contributed by atoms with Gasteiger partial charge in [-0.15, -0.1) is 0 Å². The Hall–Kier alpha value is -0.780. The van der Waals surface area contributed by atoms with Crippen LogP contribution in [0.2, 0.25) is 0 Å². The summed E-state index contributed by atoms with van der Waals surface area (Å²) in [6.45, 7) is 9.98. The van der Waals surface area contributed by atoms with Crippen LogP contribution >= 0.6 is 0 Å². The van der Waals surface area contributed by atoms with Crippen LogP contribution in [0.3, 0.4) is 0 Å². The lowest BCUT2D eigenvalue weighted by molar-refractivity contribution is 0.647. The van der Waals surface area contributed by atoms with Gasteiger partial charge in [-0.2, -0.15) is 0 Å². The quantitative estimate of drug-likeness (QED) is 0.483. The molecule has 0 aromatic carbocycles. The summed E-state index contributed by atoms with van der Waals surface area (Å²) in [5.74, 6) is 0.546. The molecule has 0 saturated carbocycles. The summed E-state index contributed by atoms with van der Waals surface area (Å²) in [6.07, 6.45) is 6.67. The Kier molecular flexibility index (Phi) is 2.10. The van der Waals surface area contributed by atoms with Crippen molar-refractivity contribution in [3.8, 4) is 0 Å². The number of hydrogen-bond donors (Lipinski definition) is 0. The van der Waals surface area contributed by atoms with Crippen LogP contribution in [0.25, 0.3) is 0 Å². The van der Waals surface area contributed by atoms with Crippen LogP contribution in [0.4, 0.5) is 0 Å². The van der Waals surface area contributed by atoms with Gasteiger partial charge in [0.1, 0.15) is 0 Å². The molecule has 0 aromatic heterocycles. The predicted octanol–water partition coefficient (Wildman–Crippen LogP) is 3.08. The molecule has 0 heterocycles. The van der Waals surface area contributed by atoms with Crippen LogP contribution in [0.5, 0.6) is 0 Å². The molecule has 1 aliphatic carbocycles. The first-order chi connectivity index (χ1) is 4.72. The van der Waals surface area contributed by atoms with Gasteiger partial charge in [0.15, 0.2) is 0 Å². The standard InChI is InChI=1S/C10H14/c1-8(2)10-7-5-4-6-9(10)3/h4,6,10H,1,3,5,7H2,2H3/t10-/m1/s1. The number of allylic oxidation sites excluding steroid dienone is 4. The van der Waals surface area contributed by atoms with Gasteiger partial charge in [0, 0.05) is 5.92 Å². The van der Waals surface area contributed by atoms with Crippen molar-refractivity contribution in [2.75, 3.05) is 0 Å². The van der Waals surface area contributed by atoms with Gasteiger partial charge in [-0.1, -0.05) is 30.9 Å². The summed E-state index contributed by atoms with van der Waals surface area (Å²) < 4.78 is 0. The maximum Gasteiger partial charge on any atom is 0.00396 e. The molecule has 0 aromatic rings. The molecule has 0 nitrogen and oxygen atoms in total. The molecule has 1 rings (SSSR count). The van der Waals surface area contributed by atoms with Crippen molar-refractivity contribution in [1.82, 2.24) is 0 Å². The molecule has 54 valence electrons. The Bertz CT molecular complexity index is 184. The lowest BCUT2D eigenvalue weighted by atomic mass is 9.86. The zero-order valence-electron chi connectivity index (χ0n) is 6.56. The van der Waals surface area contributed by atoms with E-state index >= 15 is 0 Å². The minimum Gasteiger partial charge on any atom is -0.0995 e. The minimum absolute atomic E-state index is 0.546. The van der Waals surface area contributed by atoms with Crippen LogP contribution in [0, 0.1) is 5.92 Å². The second-order valence-electron chi connectivity index (χ2n) is 2.95. The third-order valence-corrected chi connectivity index (χ3v) is 2.00. The van der Waals surface area contributed by atoms with Crippen molar-refractivity contribution in [1.29, 1.82) is 0 Å². The smallest absolute Gasteiger partial charge is 0.00396 e. The zero-order chi connectivity index (χ0) is 7.56. The fourth-order valence-electron chi connectivity index (χ4n) is 1.36. The summed E-state index contributed by atoms with van der Waals surface area (Å²) in [6, 6.07) is 0. The van der Waals surface area contributed by atoms with E-state index in [2.05, 4.69) is 32.2 Å². The van der Waals surface area contributed by atoms with Gasteiger partial charge in [0.25, 0.3) is 0 Å². The first kappa shape index (κ1) is 7.33. The molecular weight excluding hydrogens is 120 g/mol. The Morgan fingerprint density at radius 3 is 2.80 bits per heavy atom. The van der Waals surface area contributed by atoms with Gasteiger partial charge in [-0.05, 0) is 25.3 Å². The largest absolute Gasteiger partial charge is 0.0995 e. The second-order valence-corrected chi connectivity index (χ2v) is 2.95. The van der Waals surface area contributed by atoms with Gasteiger partial charge < -0.3 is 0 Å². The topological polar surface area (TPSA) is 0 Å². The van der Waals surface area contributed by atoms with Crippen LogP contribution in [0.1, 0.15) is 19.8 Å². The molecule has 0 saturated heterocycles. The van der Waals surface area contributed by atoms with Crippen molar-refractivity contribution < 1.29 is 0 Å². The fraction of sp³-hybridized carbons (Fsp3) is 0.400. The molecule has 0 bridgehead atoms. The normalized spacial score (nSPS) is 24.9. The SMILES string of the molecule is C=C(C)[C@H]1CCC=CC1=C. The van der Waals surface area contributed by atoms with E-state index in [9.17, 15) is 0 Å². The first-order valence-electron chi connectivity index (χ1n) is 3.72. The van der Waals surface area contributed by atoms with Crippen molar-refractivity contribution in [3.63, 3.8) is 0 Å². The van der Waals surface area contributed by atoms with Crippen LogP contribution in [-0.2, 0) is 0 Å². The van der Waals surface area contributed by atoms with E-state index < -0.39 is 0 Å². The number of rotatable bonds is 1. The second kappa shape index (κ2) is 2.87. The van der Waals surface area contributed by atoms with E-state index in [4.69, 9.17) is 0 Å². The fourth-order valence-corrected chi connectivity index (χ4v) is 1.36. The molecule has 0 radical (unpaired) electrons. The van der Waals surface area contributed by atoms with Gasteiger partial charge in [-0.3, -0.25) is 0 Å². The maximum atomic E-state index is 3.97. The Balaban J connectivity index is 2.70. The maximum absolute atomic E-state index is 3.97. The monoisotopic (exact) mass is 134 g/mol. The average molecular weight is 134 g/mol. The van der Waals surface area contributed by atoms with Crippen molar-refractivity contribution in [3.05, 3.63) is 36.5 Å². The van der Waals surface area contributed by atoms with Crippen LogP contribution < -0.4 is 0 Å². The van der Waals surface area contributed by atoms with Gasteiger partial charge >= 0.3 is 0 Å². The summed E-state index contributed by atoms with van der Waals surface area (Å²) >= 11 is 0. The molecule has 0 amide bonds. The Morgan fingerprint density at radius 2 is 2.40 bits per heavy atom. The molecule has 0 spiro atoms. The first-order valence-corrected chi connectivity index (χ1v) is 3.72. The molecule has 0 N–H and O–H groups in total. The highest BCUT2D eigenvalue weighted by molar-refractivity contribution is 5.27. The van der Waals surface area contributed by atoms with Crippen molar-refractivity contribution in [2.45, 2.75) is 19.8 Å². The summed E-state index contributed by atoms with van der Waals surface area (Å²) in [7, 11) is 0. The highest BCUT2D eigenvalue weighted by Crippen LogP contribution is 2.27. The third kappa shape index (κ3) is 1.38. The van der Waals surface area contributed by atoms with Crippen LogP contribution in [0.15, 0.2) is 36.5 Å². The highest BCUT2D eigenvalue weighted by atomic mass is 14.2. The lowest BCUT2D eigenvalue weighted by Gasteiger charge is -2.19. The molecule has 0 unspecified atom stereocenters. The highest BCUT2D eigenvalue weighted by Gasteiger charge is 2.12. The Labute approximate surface area is 62.9 Å². The summed E-state index contributed by atoms with van der Waals surface area (Å²) in [5.41, 5.74) is 2.47.